The number of anilines is 1. The maximum Gasteiger partial charge on any atom is 0.146 e. The summed E-state index contributed by atoms with van der Waals surface area (Å²) in [6, 6.07) is 10.8. The lowest BCUT2D eigenvalue weighted by Crippen LogP contribution is -2.25. The van der Waals surface area contributed by atoms with Gasteiger partial charge in [0.15, 0.2) is 0 Å². The van der Waals surface area contributed by atoms with E-state index in [4.69, 9.17) is 5.73 Å². The number of aromatic nitrogens is 1. The van der Waals surface area contributed by atoms with E-state index in [1.165, 1.54) is 6.07 Å². The lowest BCUT2D eigenvalue weighted by atomic mass is 10.1. The molecule has 0 spiro atoms. The highest BCUT2D eigenvalue weighted by Crippen LogP contribution is 2.25. The highest BCUT2D eigenvalue weighted by atomic mass is 19.1. The van der Waals surface area contributed by atoms with Crippen molar-refractivity contribution in [2.45, 2.75) is 20.0 Å². The average molecular weight is 259 g/mol. The number of benzene rings is 1. The van der Waals surface area contributed by atoms with Crippen molar-refractivity contribution >= 4 is 5.69 Å². The fourth-order valence-electron chi connectivity index (χ4n) is 2.12. The van der Waals surface area contributed by atoms with Crippen LogP contribution in [0.1, 0.15) is 18.2 Å². The summed E-state index contributed by atoms with van der Waals surface area (Å²) in [7, 11) is 0. The topological polar surface area (TPSA) is 42.2 Å². The van der Waals surface area contributed by atoms with Gasteiger partial charge < -0.3 is 10.6 Å². The van der Waals surface area contributed by atoms with Gasteiger partial charge in [-0.3, -0.25) is 4.98 Å². The summed E-state index contributed by atoms with van der Waals surface area (Å²) >= 11 is 0. The molecular weight excluding hydrogens is 241 g/mol. The van der Waals surface area contributed by atoms with Crippen molar-refractivity contribution < 1.29 is 4.39 Å². The Balaban J connectivity index is 2.32. The van der Waals surface area contributed by atoms with E-state index in [9.17, 15) is 4.39 Å². The number of nitrogens with two attached hydrogens (primary N) is 1. The quantitative estimate of drug-likeness (QED) is 0.897. The van der Waals surface area contributed by atoms with Gasteiger partial charge in [0.05, 0.1) is 17.9 Å². The molecule has 2 N–H and O–H groups in total. The van der Waals surface area contributed by atoms with Crippen LogP contribution in [0.25, 0.3) is 0 Å². The van der Waals surface area contributed by atoms with E-state index in [-0.39, 0.29) is 5.82 Å². The first-order chi connectivity index (χ1) is 9.26. The summed E-state index contributed by atoms with van der Waals surface area (Å²) in [5, 5.41) is 0. The number of hydrogen-bond donors (Lipinski definition) is 1. The third-order valence-electron chi connectivity index (χ3n) is 3.07. The van der Waals surface area contributed by atoms with Gasteiger partial charge in [0, 0.05) is 19.3 Å². The second kappa shape index (κ2) is 6.29. The minimum Gasteiger partial charge on any atom is -0.363 e. The first-order valence-corrected chi connectivity index (χ1v) is 6.38. The van der Waals surface area contributed by atoms with Crippen LogP contribution in [0, 0.1) is 5.82 Å². The minimum absolute atomic E-state index is 0.235. The Morgan fingerprint density at radius 2 is 2.05 bits per heavy atom. The third kappa shape index (κ3) is 3.09. The third-order valence-corrected chi connectivity index (χ3v) is 3.07. The van der Waals surface area contributed by atoms with E-state index in [2.05, 4.69) is 4.98 Å². The maximum absolute atomic E-state index is 14.1. The molecule has 0 aliphatic rings. The Bertz CT molecular complexity index is 528. The van der Waals surface area contributed by atoms with Crippen LogP contribution in [0.4, 0.5) is 10.1 Å². The SMILES string of the molecule is CCN(Cc1ccccn1)c1c(F)cccc1CN. The van der Waals surface area contributed by atoms with Gasteiger partial charge in [0.2, 0.25) is 0 Å². The van der Waals surface area contributed by atoms with Crippen molar-refractivity contribution in [1.82, 2.24) is 4.98 Å². The monoisotopic (exact) mass is 259 g/mol. The fraction of sp³-hybridized carbons (Fsp3) is 0.267. The second-order valence-electron chi connectivity index (χ2n) is 4.29. The molecular formula is C15H18FN3. The molecule has 0 unspecified atom stereocenters. The van der Waals surface area contributed by atoms with Gasteiger partial charge >= 0.3 is 0 Å². The summed E-state index contributed by atoms with van der Waals surface area (Å²) in [5.41, 5.74) is 8.01. The minimum atomic E-state index is -0.235. The van der Waals surface area contributed by atoms with E-state index in [0.717, 1.165) is 11.3 Å². The number of hydrogen-bond acceptors (Lipinski definition) is 3. The normalized spacial score (nSPS) is 10.5. The van der Waals surface area contributed by atoms with E-state index < -0.39 is 0 Å². The molecule has 0 bridgehead atoms. The molecule has 1 heterocycles. The number of para-hydroxylation sites is 1. The highest BCUT2D eigenvalue weighted by molar-refractivity contribution is 5.55. The molecule has 100 valence electrons. The molecule has 0 radical (unpaired) electrons. The van der Waals surface area contributed by atoms with Crippen molar-refractivity contribution in [2.75, 3.05) is 11.4 Å². The molecule has 1 aromatic heterocycles. The van der Waals surface area contributed by atoms with Crippen LogP contribution in [0.15, 0.2) is 42.6 Å². The molecule has 0 fully saturated rings. The highest BCUT2D eigenvalue weighted by Gasteiger charge is 2.14. The number of pyridine rings is 1. The van der Waals surface area contributed by atoms with E-state index >= 15 is 0 Å². The lowest BCUT2D eigenvalue weighted by molar-refractivity contribution is 0.614. The van der Waals surface area contributed by atoms with Crippen LogP contribution in [-0.4, -0.2) is 11.5 Å². The van der Waals surface area contributed by atoms with Crippen LogP contribution < -0.4 is 10.6 Å². The maximum atomic E-state index is 14.1. The molecule has 2 aromatic rings. The first-order valence-electron chi connectivity index (χ1n) is 6.38. The summed E-state index contributed by atoms with van der Waals surface area (Å²) in [4.78, 5) is 6.24. The summed E-state index contributed by atoms with van der Waals surface area (Å²) in [6.07, 6.45) is 1.74. The van der Waals surface area contributed by atoms with E-state index in [1.54, 1.807) is 12.3 Å². The molecule has 0 saturated heterocycles. The first kappa shape index (κ1) is 13.5. The van der Waals surface area contributed by atoms with Gasteiger partial charge in [0.1, 0.15) is 5.82 Å². The zero-order valence-corrected chi connectivity index (χ0v) is 11.0. The summed E-state index contributed by atoms with van der Waals surface area (Å²) in [6.45, 7) is 3.59. The zero-order valence-electron chi connectivity index (χ0n) is 11.0. The van der Waals surface area contributed by atoms with Gasteiger partial charge in [-0.25, -0.2) is 4.39 Å². The predicted octanol–water partition coefficient (Wildman–Crippen LogP) is 2.71. The Morgan fingerprint density at radius 3 is 2.68 bits per heavy atom. The lowest BCUT2D eigenvalue weighted by Gasteiger charge is -2.25. The molecule has 19 heavy (non-hydrogen) atoms. The van der Waals surface area contributed by atoms with Crippen LogP contribution in [0.3, 0.4) is 0 Å². The average Bonchev–Trinajstić information content (AvgIpc) is 2.46. The van der Waals surface area contributed by atoms with Gasteiger partial charge in [-0.05, 0) is 30.7 Å². The van der Waals surface area contributed by atoms with Gasteiger partial charge in [-0.2, -0.15) is 0 Å². The van der Waals surface area contributed by atoms with Crippen molar-refractivity contribution in [3.05, 3.63) is 59.7 Å². The Kier molecular flexibility index (Phi) is 4.47. The number of nitrogens with zero attached hydrogens (tertiary/aromatic N) is 2. The molecule has 0 aliphatic carbocycles. The molecule has 3 nitrogen and oxygen atoms in total. The van der Waals surface area contributed by atoms with Crippen LogP contribution >= 0.6 is 0 Å². The van der Waals surface area contributed by atoms with Crippen molar-refractivity contribution in [1.29, 1.82) is 0 Å². The predicted molar refractivity (Wildman–Crippen MR) is 75.3 cm³/mol. The van der Waals surface area contributed by atoms with E-state index in [1.807, 2.05) is 36.1 Å². The van der Waals surface area contributed by atoms with Crippen molar-refractivity contribution in [3.63, 3.8) is 0 Å². The molecule has 0 saturated carbocycles. The number of rotatable bonds is 5. The molecule has 4 heteroatoms. The van der Waals surface area contributed by atoms with E-state index in [0.29, 0.717) is 25.3 Å². The Labute approximate surface area is 112 Å². The van der Waals surface area contributed by atoms with Crippen LogP contribution in [0.5, 0.6) is 0 Å². The van der Waals surface area contributed by atoms with Gasteiger partial charge in [-0.1, -0.05) is 18.2 Å². The Morgan fingerprint density at radius 1 is 1.21 bits per heavy atom. The van der Waals surface area contributed by atoms with Crippen LogP contribution in [0.2, 0.25) is 0 Å². The summed E-state index contributed by atoms with van der Waals surface area (Å²) in [5.74, 6) is -0.235. The second-order valence-corrected chi connectivity index (χ2v) is 4.29. The summed E-state index contributed by atoms with van der Waals surface area (Å²) < 4.78 is 14.1. The van der Waals surface area contributed by atoms with Crippen LogP contribution in [-0.2, 0) is 13.1 Å². The largest absolute Gasteiger partial charge is 0.363 e. The molecule has 2 rings (SSSR count). The zero-order chi connectivity index (χ0) is 13.7. The van der Waals surface area contributed by atoms with Crippen molar-refractivity contribution in [2.24, 2.45) is 5.73 Å². The van der Waals surface area contributed by atoms with Gasteiger partial charge in [-0.15, -0.1) is 0 Å². The number of halogens is 1. The fourth-order valence-corrected chi connectivity index (χ4v) is 2.12. The molecule has 0 amide bonds. The van der Waals surface area contributed by atoms with Crippen molar-refractivity contribution in [3.8, 4) is 0 Å². The molecule has 0 atom stereocenters. The molecule has 1 aromatic carbocycles. The standard InChI is InChI=1S/C15H18FN3/c1-2-19(11-13-7-3-4-9-18-13)15-12(10-17)6-5-8-14(15)16/h3-9H,2,10-11,17H2,1H3. The molecule has 0 aliphatic heterocycles. The van der Waals surface area contributed by atoms with Gasteiger partial charge in [0.25, 0.3) is 0 Å². The smallest absolute Gasteiger partial charge is 0.146 e. The Hall–Kier alpha value is -1.94.